The second kappa shape index (κ2) is 6.28. The van der Waals surface area contributed by atoms with Crippen LogP contribution >= 0.6 is 12.2 Å². The highest BCUT2D eigenvalue weighted by atomic mass is 32.2. The minimum absolute atomic E-state index is 0.0518. The zero-order chi connectivity index (χ0) is 11.2. The van der Waals surface area contributed by atoms with E-state index in [1.54, 1.807) is 0 Å². The molecule has 0 bridgehead atoms. The third-order valence-electron chi connectivity index (χ3n) is 1.54. The standard InChI is InChI=1S/C7H16N2O3S2/c1-2-3-9(4-5-10)14(11,12)6-7(8)13/h10H,2-6H2,1H3,(H2,8,13). The minimum Gasteiger partial charge on any atom is -0.395 e. The van der Waals surface area contributed by atoms with Crippen LogP contribution in [-0.2, 0) is 10.0 Å². The molecule has 7 heteroatoms. The summed E-state index contributed by atoms with van der Waals surface area (Å²) in [7, 11) is -3.44. The van der Waals surface area contributed by atoms with Crippen LogP contribution in [-0.4, -0.2) is 48.3 Å². The maximum atomic E-state index is 11.6. The Morgan fingerprint density at radius 2 is 2.07 bits per heavy atom. The molecule has 0 fully saturated rings. The van der Waals surface area contributed by atoms with Gasteiger partial charge >= 0.3 is 0 Å². The first-order valence-electron chi connectivity index (χ1n) is 4.31. The van der Waals surface area contributed by atoms with Gasteiger partial charge < -0.3 is 10.8 Å². The van der Waals surface area contributed by atoms with Crippen molar-refractivity contribution in [3.05, 3.63) is 0 Å². The summed E-state index contributed by atoms with van der Waals surface area (Å²) < 4.78 is 24.3. The Labute approximate surface area is 89.9 Å². The fourth-order valence-electron chi connectivity index (χ4n) is 1.02. The number of hydrogen-bond donors (Lipinski definition) is 2. The molecule has 0 aliphatic carbocycles. The summed E-state index contributed by atoms with van der Waals surface area (Å²) in [6.07, 6.45) is 0.691. The molecular formula is C7H16N2O3S2. The Hall–Kier alpha value is -0.240. The molecule has 0 atom stereocenters. The molecule has 84 valence electrons. The van der Waals surface area contributed by atoms with Crippen LogP contribution in [0.4, 0.5) is 0 Å². The van der Waals surface area contributed by atoms with Gasteiger partial charge in [-0.1, -0.05) is 19.1 Å². The molecule has 0 unspecified atom stereocenters. The van der Waals surface area contributed by atoms with E-state index in [9.17, 15) is 8.42 Å². The van der Waals surface area contributed by atoms with E-state index in [1.807, 2.05) is 6.92 Å². The normalized spacial score (nSPS) is 11.9. The van der Waals surface area contributed by atoms with Gasteiger partial charge in [-0.15, -0.1) is 0 Å². The van der Waals surface area contributed by atoms with Crippen molar-refractivity contribution in [2.75, 3.05) is 25.4 Å². The predicted molar refractivity (Wildman–Crippen MR) is 59.5 cm³/mol. The van der Waals surface area contributed by atoms with Crippen molar-refractivity contribution >= 4 is 27.2 Å². The fourth-order valence-corrected chi connectivity index (χ4v) is 2.83. The van der Waals surface area contributed by atoms with Crippen molar-refractivity contribution in [2.45, 2.75) is 13.3 Å². The third-order valence-corrected chi connectivity index (χ3v) is 3.70. The van der Waals surface area contributed by atoms with E-state index in [0.29, 0.717) is 13.0 Å². The molecule has 0 aliphatic rings. The summed E-state index contributed by atoms with van der Waals surface area (Å²) in [5, 5.41) is 8.69. The minimum atomic E-state index is -3.44. The molecule has 5 nitrogen and oxygen atoms in total. The zero-order valence-electron chi connectivity index (χ0n) is 8.14. The van der Waals surface area contributed by atoms with Crippen LogP contribution in [0.25, 0.3) is 0 Å². The first-order valence-corrected chi connectivity index (χ1v) is 6.32. The third kappa shape index (κ3) is 4.85. The molecule has 0 saturated heterocycles. The predicted octanol–water partition coefficient (Wildman–Crippen LogP) is -0.693. The molecule has 0 aromatic rings. The second-order valence-corrected chi connectivity index (χ2v) is 5.34. The molecule has 3 N–H and O–H groups in total. The highest BCUT2D eigenvalue weighted by molar-refractivity contribution is 7.92. The lowest BCUT2D eigenvalue weighted by molar-refractivity contribution is 0.254. The first kappa shape index (κ1) is 13.8. The topological polar surface area (TPSA) is 83.6 Å². The average molecular weight is 240 g/mol. The average Bonchev–Trinajstić information content (AvgIpc) is 2.01. The van der Waals surface area contributed by atoms with Gasteiger partial charge in [-0.05, 0) is 6.42 Å². The van der Waals surface area contributed by atoms with Crippen LogP contribution in [0.3, 0.4) is 0 Å². The summed E-state index contributed by atoms with van der Waals surface area (Å²) in [5.74, 6) is -0.331. The van der Waals surface area contributed by atoms with Crippen molar-refractivity contribution < 1.29 is 13.5 Å². The molecule has 14 heavy (non-hydrogen) atoms. The second-order valence-electron chi connectivity index (χ2n) is 2.85. The van der Waals surface area contributed by atoms with Crippen LogP contribution in [0.2, 0.25) is 0 Å². The molecule has 0 amide bonds. The van der Waals surface area contributed by atoms with Gasteiger partial charge in [0.05, 0.1) is 11.6 Å². The molecule has 0 rings (SSSR count). The van der Waals surface area contributed by atoms with E-state index in [4.69, 9.17) is 10.8 Å². The van der Waals surface area contributed by atoms with Crippen LogP contribution in [0, 0.1) is 0 Å². The van der Waals surface area contributed by atoms with Crippen LogP contribution in [0.5, 0.6) is 0 Å². The Bertz CT molecular complexity index is 271. The smallest absolute Gasteiger partial charge is 0.220 e. The first-order chi connectivity index (χ1) is 6.44. The zero-order valence-corrected chi connectivity index (χ0v) is 9.77. The highest BCUT2D eigenvalue weighted by Crippen LogP contribution is 2.02. The number of hydrogen-bond acceptors (Lipinski definition) is 4. The van der Waals surface area contributed by atoms with Gasteiger partial charge in [-0.25, -0.2) is 8.42 Å². The van der Waals surface area contributed by atoms with Gasteiger partial charge in [-0.2, -0.15) is 4.31 Å². The number of nitrogens with two attached hydrogens (primary N) is 1. The van der Waals surface area contributed by atoms with Crippen LogP contribution in [0.15, 0.2) is 0 Å². The van der Waals surface area contributed by atoms with E-state index >= 15 is 0 Å². The molecular weight excluding hydrogens is 224 g/mol. The molecule has 0 aromatic carbocycles. The fraction of sp³-hybridized carbons (Fsp3) is 0.857. The SMILES string of the molecule is CCCN(CCO)S(=O)(=O)CC(N)=S. The summed E-state index contributed by atoms with van der Waals surface area (Å²) in [6.45, 7) is 2.14. The molecule has 0 spiro atoms. The van der Waals surface area contributed by atoms with Crippen LogP contribution in [0.1, 0.15) is 13.3 Å². The maximum Gasteiger partial charge on any atom is 0.220 e. The van der Waals surface area contributed by atoms with E-state index in [-0.39, 0.29) is 23.9 Å². The lowest BCUT2D eigenvalue weighted by atomic mass is 10.5. The van der Waals surface area contributed by atoms with E-state index in [2.05, 4.69) is 12.2 Å². The highest BCUT2D eigenvalue weighted by Gasteiger charge is 2.21. The summed E-state index contributed by atoms with van der Waals surface area (Å²) in [4.78, 5) is -0.0518. The lowest BCUT2D eigenvalue weighted by Gasteiger charge is -2.19. The molecule has 0 heterocycles. The number of aliphatic hydroxyl groups is 1. The summed E-state index contributed by atoms with van der Waals surface area (Å²) in [6, 6.07) is 0. The molecule has 0 radical (unpaired) electrons. The van der Waals surface area contributed by atoms with Crippen molar-refractivity contribution in [3.8, 4) is 0 Å². The van der Waals surface area contributed by atoms with Gasteiger partial charge in [0.15, 0.2) is 0 Å². The van der Waals surface area contributed by atoms with Crippen molar-refractivity contribution in [3.63, 3.8) is 0 Å². The number of aliphatic hydroxyl groups excluding tert-OH is 1. The maximum absolute atomic E-state index is 11.6. The number of sulfonamides is 1. The Kier molecular flexibility index (Phi) is 6.17. The summed E-state index contributed by atoms with van der Waals surface area (Å²) >= 11 is 4.54. The van der Waals surface area contributed by atoms with E-state index in [0.717, 1.165) is 0 Å². The van der Waals surface area contributed by atoms with Gasteiger partial charge in [0.2, 0.25) is 10.0 Å². The number of thiocarbonyl (C=S) groups is 1. The molecule has 0 aromatic heterocycles. The monoisotopic (exact) mass is 240 g/mol. The van der Waals surface area contributed by atoms with Gasteiger partial charge in [0.1, 0.15) is 5.75 Å². The van der Waals surface area contributed by atoms with Crippen molar-refractivity contribution in [1.82, 2.24) is 4.31 Å². The lowest BCUT2D eigenvalue weighted by Crippen LogP contribution is -2.39. The largest absolute Gasteiger partial charge is 0.395 e. The molecule has 0 saturated carbocycles. The Morgan fingerprint density at radius 3 is 2.43 bits per heavy atom. The van der Waals surface area contributed by atoms with E-state index in [1.165, 1.54) is 4.31 Å². The summed E-state index contributed by atoms with van der Waals surface area (Å²) in [5.41, 5.74) is 5.17. The van der Waals surface area contributed by atoms with Gasteiger partial charge in [-0.3, -0.25) is 0 Å². The van der Waals surface area contributed by atoms with Gasteiger partial charge in [0.25, 0.3) is 0 Å². The number of nitrogens with zero attached hydrogens (tertiary/aromatic N) is 1. The van der Waals surface area contributed by atoms with Gasteiger partial charge in [0, 0.05) is 13.1 Å². The van der Waals surface area contributed by atoms with E-state index < -0.39 is 10.0 Å². The number of rotatable bonds is 7. The molecule has 0 aliphatic heterocycles. The quantitative estimate of drug-likeness (QED) is 0.575. The van der Waals surface area contributed by atoms with Crippen molar-refractivity contribution in [2.24, 2.45) is 5.73 Å². The Balaban J connectivity index is 4.53. The Morgan fingerprint density at radius 1 is 1.50 bits per heavy atom. The van der Waals surface area contributed by atoms with Crippen molar-refractivity contribution in [1.29, 1.82) is 0 Å². The van der Waals surface area contributed by atoms with Crippen LogP contribution < -0.4 is 5.73 Å².